The molecule has 0 saturated heterocycles. The quantitative estimate of drug-likeness (QED) is 0.608. The standard InChI is InChI=1S/C22H25N3/c1-15-9-4-5-10-17(15)25-16(2)21-19(22(25)12-6-7-13-22)20-18(24(21)3)11-8-14-23-20/h4-5,8-11,14,16H,6-7,12-13H2,1-3H3/t16-/m0/s1. The maximum atomic E-state index is 4.83. The molecule has 1 aromatic carbocycles. The van der Waals surface area contributed by atoms with Crippen LogP contribution in [0.1, 0.15) is 55.5 Å². The van der Waals surface area contributed by atoms with Gasteiger partial charge in [0.2, 0.25) is 0 Å². The van der Waals surface area contributed by atoms with Gasteiger partial charge in [0.15, 0.2) is 0 Å². The van der Waals surface area contributed by atoms with Crippen molar-refractivity contribution in [2.45, 2.75) is 51.1 Å². The highest BCUT2D eigenvalue weighted by atomic mass is 15.3. The molecule has 3 heterocycles. The fraction of sp³-hybridized carbons (Fsp3) is 0.409. The van der Waals surface area contributed by atoms with Gasteiger partial charge in [-0.05, 0) is 50.5 Å². The molecular weight excluding hydrogens is 306 g/mol. The lowest BCUT2D eigenvalue weighted by molar-refractivity contribution is 0.416. The summed E-state index contributed by atoms with van der Waals surface area (Å²) in [6.07, 6.45) is 7.02. The molecule has 0 radical (unpaired) electrons. The molecule has 25 heavy (non-hydrogen) atoms. The molecule has 1 aliphatic heterocycles. The first-order valence-electron chi connectivity index (χ1n) is 9.44. The minimum atomic E-state index is 0.106. The van der Waals surface area contributed by atoms with Crippen LogP contribution in [0.25, 0.3) is 11.0 Å². The van der Waals surface area contributed by atoms with Gasteiger partial charge in [-0.1, -0.05) is 31.0 Å². The van der Waals surface area contributed by atoms with Gasteiger partial charge in [0.25, 0.3) is 0 Å². The van der Waals surface area contributed by atoms with Crippen LogP contribution in [0.15, 0.2) is 42.6 Å². The predicted molar refractivity (Wildman–Crippen MR) is 103 cm³/mol. The van der Waals surface area contributed by atoms with Crippen molar-refractivity contribution in [3.05, 3.63) is 59.4 Å². The van der Waals surface area contributed by atoms with Gasteiger partial charge in [0, 0.05) is 30.2 Å². The van der Waals surface area contributed by atoms with E-state index < -0.39 is 0 Å². The topological polar surface area (TPSA) is 21.1 Å². The summed E-state index contributed by atoms with van der Waals surface area (Å²) in [6.45, 7) is 4.61. The Kier molecular flexibility index (Phi) is 3.06. The van der Waals surface area contributed by atoms with Crippen LogP contribution in [0.3, 0.4) is 0 Å². The highest BCUT2D eigenvalue weighted by Crippen LogP contribution is 2.58. The second-order valence-electron chi connectivity index (χ2n) is 7.76. The first-order chi connectivity index (χ1) is 12.1. The maximum absolute atomic E-state index is 4.83. The number of anilines is 1. The molecule has 5 rings (SSSR count). The molecule has 3 nitrogen and oxygen atoms in total. The first-order valence-corrected chi connectivity index (χ1v) is 9.44. The molecule has 1 fully saturated rings. The molecule has 0 N–H and O–H groups in total. The van der Waals surface area contributed by atoms with Crippen molar-refractivity contribution in [1.29, 1.82) is 0 Å². The van der Waals surface area contributed by atoms with E-state index in [4.69, 9.17) is 4.98 Å². The highest BCUT2D eigenvalue weighted by molar-refractivity contribution is 5.86. The van der Waals surface area contributed by atoms with Gasteiger partial charge in [-0.2, -0.15) is 0 Å². The van der Waals surface area contributed by atoms with Crippen molar-refractivity contribution in [2.75, 3.05) is 4.90 Å². The number of benzene rings is 1. The fourth-order valence-corrected chi connectivity index (χ4v) is 5.56. The Bertz CT molecular complexity index is 963. The number of hydrogen-bond acceptors (Lipinski definition) is 2. The number of fused-ring (bicyclic) bond motifs is 4. The summed E-state index contributed by atoms with van der Waals surface area (Å²) in [5.41, 5.74) is 8.30. The zero-order valence-electron chi connectivity index (χ0n) is 15.3. The van der Waals surface area contributed by atoms with Crippen LogP contribution in [0.4, 0.5) is 5.69 Å². The maximum Gasteiger partial charge on any atom is 0.0940 e. The van der Waals surface area contributed by atoms with E-state index in [2.05, 4.69) is 66.8 Å². The first kappa shape index (κ1) is 15.0. The molecule has 1 saturated carbocycles. The third-order valence-electron chi connectivity index (χ3n) is 6.52. The summed E-state index contributed by atoms with van der Waals surface area (Å²) in [6, 6.07) is 13.5. The van der Waals surface area contributed by atoms with Gasteiger partial charge in [0.05, 0.1) is 22.6 Å². The average molecular weight is 331 g/mol. The number of aryl methyl sites for hydroxylation is 2. The van der Waals surface area contributed by atoms with Crippen LogP contribution >= 0.6 is 0 Å². The van der Waals surface area contributed by atoms with Crippen LogP contribution in [0.5, 0.6) is 0 Å². The summed E-state index contributed by atoms with van der Waals surface area (Å²) in [4.78, 5) is 7.55. The molecule has 0 unspecified atom stereocenters. The summed E-state index contributed by atoms with van der Waals surface area (Å²) in [5.74, 6) is 0. The zero-order chi connectivity index (χ0) is 17.2. The molecular formula is C22H25N3. The molecule has 3 aromatic rings. The molecule has 128 valence electrons. The van der Waals surface area contributed by atoms with Gasteiger partial charge in [-0.15, -0.1) is 0 Å². The van der Waals surface area contributed by atoms with Gasteiger partial charge in [-0.25, -0.2) is 0 Å². The van der Waals surface area contributed by atoms with E-state index in [1.165, 1.54) is 59.2 Å². The molecule has 0 amide bonds. The van der Waals surface area contributed by atoms with Crippen LogP contribution < -0.4 is 4.90 Å². The van der Waals surface area contributed by atoms with E-state index in [1.54, 1.807) is 0 Å². The molecule has 1 spiro atoms. The van der Waals surface area contributed by atoms with Gasteiger partial charge >= 0.3 is 0 Å². The third kappa shape index (κ3) is 1.79. The largest absolute Gasteiger partial charge is 0.353 e. The molecule has 2 aliphatic rings. The smallest absolute Gasteiger partial charge is 0.0940 e. The lowest BCUT2D eigenvalue weighted by Gasteiger charge is -2.41. The van der Waals surface area contributed by atoms with Crippen molar-refractivity contribution >= 4 is 16.7 Å². The van der Waals surface area contributed by atoms with Gasteiger partial charge in [-0.3, -0.25) is 4.98 Å². The Morgan fingerprint density at radius 2 is 1.84 bits per heavy atom. The molecule has 1 atom stereocenters. The van der Waals surface area contributed by atoms with E-state index >= 15 is 0 Å². The summed E-state index contributed by atoms with van der Waals surface area (Å²) < 4.78 is 2.39. The van der Waals surface area contributed by atoms with Crippen molar-refractivity contribution in [1.82, 2.24) is 9.55 Å². The second kappa shape index (κ2) is 5.10. The fourth-order valence-electron chi connectivity index (χ4n) is 5.56. The summed E-state index contributed by atoms with van der Waals surface area (Å²) >= 11 is 0. The molecule has 2 aromatic heterocycles. The van der Waals surface area contributed by atoms with E-state index in [1.807, 2.05) is 6.20 Å². The Morgan fingerprint density at radius 3 is 2.60 bits per heavy atom. The lowest BCUT2D eigenvalue weighted by atomic mass is 9.88. The van der Waals surface area contributed by atoms with E-state index in [0.717, 1.165) is 0 Å². The molecule has 1 aliphatic carbocycles. The Balaban J connectivity index is 1.83. The van der Waals surface area contributed by atoms with Crippen molar-refractivity contribution in [3.63, 3.8) is 0 Å². The monoisotopic (exact) mass is 331 g/mol. The van der Waals surface area contributed by atoms with Gasteiger partial charge < -0.3 is 9.47 Å². The van der Waals surface area contributed by atoms with E-state index in [-0.39, 0.29) is 5.54 Å². The van der Waals surface area contributed by atoms with Gasteiger partial charge in [0.1, 0.15) is 0 Å². The Morgan fingerprint density at radius 1 is 1.08 bits per heavy atom. The zero-order valence-corrected chi connectivity index (χ0v) is 15.3. The van der Waals surface area contributed by atoms with Crippen molar-refractivity contribution in [3.8, 4) is 0 Å². The summed E-state index contributed by atoms with van der Waals surface area (Å²) in [5, 5.41) is 0. The van der Waals surface area contributed by atoms with Crippen LogP contribution in [-0.4, -0.2) is 9.55 Å². The van der Waals surface area contributed by atoms with Crippen LogP contribution in [0, 0.1) is 6.92 Å². The minimum Gasteiger partial charge on any atom is -0.353 e. The minimum absolute atomic E-state index is 0.106. The lowest BCUT2D eigenvalue weighted by Crippen LogP contribution is -2.40. The number of rotatable bonds is 1. The number of aromatic nitrogens is 2. The van der Waals surface area contributed by atoms with Crippen LogP contribution in [0.2, 0.25) is 0 Å². The number of para-hydroxylation sites is 1. The number of nitrogens with zero attached hydrogens (tertiary/aromatic N) is 3. The van der Waals surface area contributed by atoms with Crippen molar-refractivity contribution in [2.24, 2.45) is 7.05 Å². The SMILES string of the molecule is Cc1ccccc1N1[C@@H](C)c2c(c3ncccc3n2C)C12CCCC2. The third-order valence-corrected chi connectivity index (χ3v) is 6.52. The normalized spacial score (nSPS) is 21.4. The van der Waals surface area contributed by atoms with Crippen molar-refractivity contribution < 1.29 is 0 Å². The number of pyridine rings is 1. The summed E-state index contributed by atoms with van der Waals surface area (Å²) in [7, 11) is 2.21. The predicted octanol–water partition coefficient (Wildman–Crippen LogP) is 5.23. The van der Waals surface area contributed by atoms with E-state index in [9.17, 15) is 0 Å². The number of hydrogen-bond donors (Lipinski definition) is 0. The highest BCUT2D eigenvalue weighted by Gasteiger charge is 2.53. The Labute approximate surface area is 149 Å². The molecule has 0 bridgehead atoms. The average Bonchev–Trinajstić information content (AvgIpc) is 3.27. The molecule has 3 heteroatoms. The van der Waals surface area contributed by atoms with Crippen LogP contribution in [-0.2, 0) is 12.6 Å². The van der Waals surface area contributed by atoms with E-state index in [0.29, 0.717) is 6.04 Å². The Hall–Kier alpha value is -2.29. The second-order valence-corrected chi connectivity index (χ2v) is 7.76.